The van der Waals surface area contributed by atoms with Crippen LogP contribution in [0.4, 0.5) is 0 Å². The van der Waals surface area contributed by atoms with Crippen molar-refractivity contribution in [2.75, 3.05) is 0 Å². The highest BCUT2D eigenvalue weighted by Gasteiger charge is 2.26. The Morgan fingerprint density at radius 2 is 2.00 bits per heavy atom. The van der Waals surface area contributed by atoms with E-state index >= 15 is 0 Å². The van der Waals surface area contributed by atoms with Gasteiger partial charge >= 0.3 is 0 Å². The zero-order valence-electron chi connectivity index (χ0n) is 9.93. The van der Waals surface area contributed by atoms with Crippen LogP contribution in [0.1, 0.15) is 59.3 Å². The van der Waals surface area contributed by atoms with E-state index in [0.717, 1.165) is 24.2 Å². The molecule has 3 unspecified atom stereocenters. The van der Waals surface area contributed by atoms with Gasteiger partial charge in [-0.2, -0.15) is 0 Å². The van der Waals surface area contributed by atoms with Crippen LogP contribution in [-0.4, -0.2) is 5.38 Å². The summed E-state index contributed by atoms with van der Waals surface area (Å²) < 4.78 is 0. The summed E-state index contributed by atoms with van der Waals surface area (Å²) >= 11 is 6.35. The Morgan fingerprint density at radius 3 is 2.57 bits per heavy atom. The topological polar surface area (TPSA) is 0 Å². The summed E-state index contributed by atoms with van der Waals surface area (Å²) in [6.45, 7) is 6.88. The lowest BCUT2D eigenvalue weighted by Gasteiger charge is -2.32. The van der Waals surface area contributed by atoms with Crippen molar-refractivity contribution in [3.05, 3.63) is 0 Å². The van der Waals surface area contributed by atoms with Crippen LogP contribution in [-0.2, 0) is 0 Å². The van der Waals surface area contributed by atoms with Crippen LogP contribution in [0.5, 0.6) is 0 Å². The van der Waals surface area contributed by atoms with E-state index in [1.54, 1.807) is 0 Å². The Balaban J connectivity index is 2.35. The molecular weight excluding hydrogens is 192 g/mol. The summed E-state index contributed by atoms with van der Waals surface area (Å²) in [7, 11) is 0. The molecule has 0 bridgehead atoms. The van der Waals surface area contributed by atoms with Gasteiger partial charge in [0.1, 0.15) is 0 Å². The van der Waals surface area contributed by atoms with E-state index in [0.29, 0.717) is 5.38 Å². The van der Waals surface area contributed by atoms with Crippen molar-refractivity contribution in [2.45, 2.75) is 64.7 Å². The molecule has 0 aromatic rings. The summed E-state index contributed by atoms with van der Waals surface area (Å²) in [4.78, 5) is 0. The third kappa shape index (κ3) is 3.81. The highest BCUT2D eigenvalue weighted by atomic mass is 35.5. The van der Waals surface area contributed by atoms with Gasteiger partial charge in [-0.25, -0.2) is 0 Å². The summed E-state index contributed by atoms with van der Waals surface area (Å²) in [5.41, 5.74) is 0. The molecule has 0 amide bonds. The predicted molar refractivity (Wildman–Crippen MR) is 64.8 cm³/mol. The molecule has 1 heteroatoms. The molecule has 0 radical (unpaired) electrons. The monoisotopic (exact) mass is 216 g/mol. The summed E-state index contributed by atoms with van der Waals surface area (Å²) in [5, 5.41) is 0.435. The van der Waals surface area contributed by atoms with Crippen LogP contribution in [0.2, 0.25) is 0 Å². The van der Waals surface area contributed by atoms with Crippen molar-refractivity contribution in [1.29, 1.82) is 0 Å². The first-order valence-electron chi connectivity index (χ1n) is 6.27. The van der Waals surface area contributed by atoms with Crippen LogP contribution >= 0.6 is 11.6 Å². The van der Waals surface area contributed by atoms with Gasteiger partial charge in [-0.05, 0) is 43.4 Å². The van der Waals surface area contributed by atoms with Crippen LogP contribution in [0.15, 0.2) is 0 Å². The van der Waals surface area contributed by atoms with Crippen LogP contribution in [0, 0.1) is 17.8 Å². The highest BCUT2D eigenvalue weighted by Crippen LogP contribution is 2.36. The predicted octanol–water partition coefficient (Wildman–Crippen LogP) is 4.86. The molecule has 3 atom stereocenters. The number of alkyl halides is 1. The van der Waals surface area contributed by atoms with Crippen molar-refractivity contribution in [2.24, 2.45) is 17.8 Å². The van der Waals surface area contributed by atoms with Gasteiger partial charge < -0.3 is 0 Å². The maximum absolute atomic E-state index is 6.35. The minimum Gasteiger partial charge on any atom is -0.123 e. The number of halogens is 1. The average molecular weight is 217 g/mol. The zero-order valence-corrected chi connectivity index (χ0v) is 10.7. The quantitative estimate of drug-likeness (QED) is 0.589. The van der Waals surface area contributed by atoms with Gasteiger partial charge in [-0.3, -0.25) is 0 Å². The molecule has 1 fully saturated rings. The minimum absolute atomic E-state index is 0.435. The van der Waals surface area contributed by atoms with Crippen molar-refractivity contribution in [1.82, 2.24) is 0 Å². The SMILES string of the molecule is CCC(Cl)C1CCCC(CC(C)C)C1. The highest BCUT2D eigenvalue weighted by molar-refractivity contribution is 6.20. The fraction of sp³-hybridized carbons (Fsp3) is 1.00. The van der Waals surface area contributed by atoms with E-state index in [4.69, 9.17) is 11.6 Å². The molecule has 0 aromatic heterocycles. The second kappa shape index (κ2) is 6.00. The van der Waals surface area contributed by atoms with Gasteiger partial charge in [0.15, 0.2) is 0 Å². The normalized spacial score (nSPS) is 30.6. The molecule has 1 saturated carbocycles. The molecule has 0 nitrogen and oxygen atoms in total. The number of hydrogen-bond acceptors (Lipinski definition) is 0. The third-order valence-corrected chi connectivity index (χ3v) is 4.19. The average Bonchev–Trinajstić information content (AvgIpc) is 2.16. The first-order chi connectivity index (χ1) is 6.63. The Kier molecular flexibility index (Phi) is 5.30. The Morgan fingerprint density at radius 1 is 1.29 bits per heavy atom. The molecule has 0 aliphatic heterocycles. The Hall–Kier alpha value is 0.290. The van der Waals surface area contributed by atoms with Crippen molar-refractivity contribution >= 4 is 11.6 Å². The molecular formula is C13H25Cl. The number of hydrogen-bond donors (Lipinski definition) is 0. The zero-order chi connectivity index (χ0) is 10.6. The number of rotatable bonds is 4. The van der Waals surface area contributed by atoms with Crippen molar-refractivity contribution < 1.29 is 0 Å². The van der Waals surface area contributed by atoms with Crippen LogP contribution in [0.25, 0.3) is 0 Å². The fourth-order valence-electron chi connectivity index (χ4n) is 2.88. The Labute approximate surface area is 94.4 Å². The molecule has 0 spiro atoms. The first kappa shape index (κ1) is 12.4. The van der Waals surface area contributed by atoms with Gasteiger partial charge in [0.25, 0.3) is 0 Å². The first-order valence-corrected chi connectivity index (χ1v) is 6.71. The molecule has 0 N–H and O–H groups in total. The third-order valence-electron chi connectivity index (χ3n) is 3.53. The second-order valence-electron chi connectivity index (χ2n) is 5.35. The van der Waals surface area contributed by atoms with Gasteiger partial charge in [-0.1, -0.05) is 33.6 Å². The molecule has 0 heterocycles. The minimum atomic E-state index is 0.435. The van der Waals surface area contributed by atoms with Gasteiger partial charge in [0, 0.05) is 5.38 Å². The maximum atomic E-state index is 6.35. The van der Waals surface area contributed by atoms with E-state index in [1.165, 1.54) is 32.1 Å². The molecule has 1 rings (SSSR count). The lowest BCUT2D eigenvalue weighted by atomic mass is 9.76. The van der Waals surface area contributed by atoms with E-state index in [2.05, 4.69) is 20.8 Å². The van der Waals surface area contributed by atoms with Crippen molar-refractivity contribution in [3.8, 4) is 0 Å². The lowest BCUT2D eigenvalue weighted by Crippen LogP contribution is -2.23. The summed E-state index contributed by atoms with van der Waals surface area (Å²) in [6.07, 6.45) is 8.16. The van der Waals surface area contributed by atoms with Gasteiger partial charge in [-0.15, -0.1) is 11.6 Å². The molecule has 1 aliphatic carbocycles. The maximum Gasteiger partial charge on any atom is 0.0361 e. The van der Waals surface area contributed by atoms with E-state index in [-0.39, 0.29) is 0 Å². The largest absolute Gasteiger partial charge is 0.123 e. The van der Waals surface area contributed by atoms with Gasteiger partial charge in [0.05, 0.1) is 0 Å². The standard InChI is InChI=1S/C13H25Cl/c1-4-13(14)12-7-5-6-11(9-12)8-10(2)3/h10-13H,4-9H2,1-3H3. The lowest BCUT2D eigenvalue weighted by molar-refractivity contribution is 0.229. The van der Waals surface area contributed by atoms with E-state index in [1.807, 2.05) is 0 Å². The van der Waals surface area contributed by atoms with Crippen LogP contribution in [0.3, 0.4) is 0 Å². The van der Waals surface area contributed by atoms with Crippen LogP contribution < -0.4 is 0 Å². The van der Waals surface area contributed by atoms with E-state index < -0.39 is 0 Å². The smallest absolute Gasteiger partial charge is 0.0361 e. The molecule has 84 valence electrons. The van der Waals surface area contributed by atoms with E-state index in [9.17, 15) is 0 Å². The Bertz CT molecular complexity index is 153. The summed E-state index contributed by atoms with van der Waals surface area (Å²) in [6, 6.07) is 0. The van der Waals surface area contributed by atoms with Gasteiger partial charge in [0.2, 0.25) is 0 Å². The second-order valence-corrected chi connectivity index (χ2v) is 5.91. The summed E-state index contributed by atoms with van der Waals surface area (Å²) in [5.74, 6) is 2.62. The molecule has 1 aliphatic rings. The molecule has 0 saturated heterocycles. The molecule has 14 heavy (non-hydrogen) atoms. The van der Waals surface area contributed by atoms with Crippen molar-refractivity contribution in [3.63, 3.8) is 0 Å². The molecule has 0 aromatic carbocycles. The fourth-order valence-corrected chi connectivity index (χ4v) is 3.10.